The Labute approximate surface area is 381 Å². The molecule has 0 amide bonds. The number of halogens is 2. The number of pyridine rings is 3. The second-order valence-corrected chi connectivity index (χ2v) is 17.8. The molecule has 4 N–H and O–H groups in total. The number of rotatable bonds is 8. The minimum absolute atomic E-state index is 0. The molecule has 0 radical (unpaired) electrons. The van der Waals surface area contributed by atoms with Crippen molar-refractivity contribution in [1.29, 1.82) is 0 Å². The van der Waals surface area contributed by atoms with Crippen LogP contribution in [0.3, 0.4) is 0 Å². The Morgan fingerprint density at radius 1 is 0.667 bits per heavy atom. The summed E-state index contributed by atoms with van der Waals surface area (Å²) in [5.74, 6) is 1.49. The third kappa shape index (κ3) is 8.51. The molecule has 3 aromatic carbocycles. The van der Waals surface area contributed by atoms with Crippen molar-refractivity contribution in [2.75, 3.05) is 33.5 Å². The topological polar surface area (TPSA) is 180 Å². The Balaban J connectivity index is 0.000000177. The second kappa shape index (κ2) is 17.2. The molecule has 2 atom stereocenters. The summed E-state index contributed by atoms with van der Waals surface area (Å²) in [6, 6.07) is 23.3. The molecule has 0 aliphatic carbocycles. The van der Waals surface area contributed by atoms with E-state index < -0.39 is 28.4 Å². The van der Waals surface area contributed by atoms with E-state index in [4.69, 9.17) is 44.6 Å². The van der Waals surface area contributed by atoms with Gasteiger partial charge in [0.05, 0.1) is 24.0 Å². The third-order valence-corrected chi connectivity index (χ3v) is 11.4. The number of hydrogen-bond acceptors (Lipinski definition) is 14. The molecule has 3 aromatic heterocycles. The lowest BCUT2D eigenvalue weighted by Gasteiger charge is -2.34. The zero-order chi connectivity index (χ0) is 45.7. The highest BCUT2D eigenvalue weighted by Gasteiger charge is 2.49. The van der Waals surface area contributed by atoms with Gasteiger partial charge in [-0.05, 0) is 85.0 Å². The van der Waals surface area contributed by atoms with Crippen LogP contribution in [-0.2, 0) is 25.3 Å². The number of aromatic nitrogens is 3. The lowest BCUT2D eigenvalue weighted by atomic mass is 9.80. The number of hydrogen-bond donors (Lipinski definition) is 2. The van der Waals surface area contributed by atoms with Crippen LogP contribution in [-0.4, -0.2) is 66.1 Å². The molecule has 4 aliphatic rings. The maximum Gasteiger partial charge on any atom is 0.283 e. The molecule has 7 heterocycles. The molecule has 0 fully saturated rings. The van der Waals surface area contributed by atoms with Crippen LogP contribution >= 0.6 is 0 Å². The van der Waals surface area contributed by atoms with Crippen molar-refractivity contribution in [3.63, 3.8) is 0 Å². The summed E-state index contributed by atoms with van der Waals surface area (Å²) in [5, 5.41) is 0. The summed E-state index contributed by atoms with van der Waals surface area (Å²) in [4.78, 5) is 21.7. The third-order valence-electron chi connectivity index (χ3n) is 11.4. The van der Waals surface area contributed by atoms with Gasteiger partial charge < -0.3 is 44.6 Å². The fourth-order valence-electron chi connectivity index (χ4n) is 7.85. The molecule has 4 aliphatic heterocycles. The van der Waals surface area contributed by atoms with Crippen molar-refractivity contribution < 1.29 is 41.9 Å². The predicted octanol–water partition coefficient (Wildman–Crippen LogP) is 9.42. The Hall–Kier alpha value is -7.33. The molecule has 16 heteroatoms. The van der Waals surface area contributed by atoms with Crippen LogP contribution in [0.1, 0.15) is 64.3 Å². The Morgan fingerprint density at radius 3 is 1.95 bits per heavy atom. The Kier molecular flexibility index (Phi) is 11.8. The molecule has 66 heavy (non-hydrogen) atoms. The number of nitrogens with two attached hydrogens (primary N) is 2. The molecule has 0 unspecified atom stereocenters. The van der Waals surface area contributed by atoms with Crippen molar-refractivity contribution in [3.8, 4) is 56.9 Å². The van der Waals surface area contributed by atoms with Crippen LogP contribution in [0.5, 0.6) is 34.6 Å². The van der Waals surface area contributed by atoms with Crippen LogP contribution in [0.4, 0.5) is 8.78 Å². The van der Waals surface area contributed by atoms with Crippen LogP contribution in [0.25, 0.3) is 22.3 Å². The molecule has 0 bridgehead atoms. The quantitative estimate of drug-likeness (QED) is 0.138. The number of benzene rings is 3. The second-order valence-electron chi connectivity index (χ2n) is 17.8. The number of methoxy groups -OCH3 is 1. The lowest BCUT2D eigenvalue weighted by molar-refractivity contribution is -0.0148. The molecular formula is C50H51F2N7O7. The standard InChI is InChI=1S/C25H24FN3O3.C24H23FN4O4.CH4/c1-24(2,3)13-30-22-10-18-21(11-19(22)26)32-20-7-6-15(16-5-4-8-28-12-16)9-17(20)25(18)14-31-23(27)29-25;1-23(2,30-3)12-31-15-10-18-21(28-11-15)33-19-7-6-14(16-5-4-8-27-20(16)25)9-17(19)24(18)13-32-22(26)29-24;/h4-12H,13-14H2,1-3H3,(H2,27,29);4-11H,12-13H2,1-3H3,(H2,26,29);1H4/t25-;24-;/m00./s1. The highest BCUT2D eigenvalue weighted by molar-refractivity contribution is 5.79. The number of amidine groups is 2. The SMILES string of the molecule is C.CC(C)(C)COc1cc2c(cc1F)Oc1ccc(-c3cccnc3)cc1[C@@]21COC(N)=N1.COC(C)(C)COc1cnc2c(c1)[C@]1(COC(N)=N1)c1cc(-c3cccnc3F)ccc1O2. The number of nitrogens with zero attached hydrogens (tertiary/aromatic N) is 5. The maximum atomic E-state index is 14.9. The zero-order valence-corrected chi connectivity index (χ0v) is 36.6. The maximum absolute atomic E-state index is 14.9. The van der Waals surface area contributed by atoms with Gasteiger partial charge in [-0.1, -0.05) is 46.4 Å². The summed E-state index contributed by atoms with van der Waals surface area (Å²) >= 11 is 0. The Bertz CT molecular complexity index is 2870. The highest BCUT2D eigenvalue weighted by Crippen LogP contribution is 2.54. The van der Waals surface area contributed by atoms with E-state index in [2.05, 4.69) is 24.9 Å². The number of fused-ring (bicyclic) bond motifs is 8. The van der Waals surface area contributed by atoms with E-state index in [1.54, 1.807) is 56.0 Å². The van der Waals surface area contributed by atoms with E-state index in [9.17, 15) is 8.78 Å². The first-order valence-electron chi connectivity index (χ1n) is 20.8. The van der Waals surface area contributed by atoms with Crippen LogP contribution in [0.2, 0.25) is 0 Å². The zero-order valence-electron chi connectivity index (χ0n) is 36.6. The fourth-order valence-corrected chi connectivity index (χ4v) is 7.85. The van der Waals surface area contributed by atoms with Gasteiger partial charge in [0, 0.05) is 59.6 Å². The van der Waals surface area contributed by atoms with Gasteiger partial charge in [-0.3, -0.25) is 4.98 Å². The summed E-state index contributed by atoms with van der Waals surface area (Å²) in [7, 11) is 1.63. The lowest BCUT2D eigenvalue weighted by Crippen LogP contribution is -2.32. The van der Waals surface area contributed by atoms with E-state index >= 15 is 0 Å². The van der Waals surface area contributed by atoms with Gasteiger partial charge in [-0.25, -0.2) is 24.3 Å². The minimum atomic E-state index is -1.01. The van der Waals surface area contributed by atoms with Gasteiger partial charge in [0.15, 0.2) is 22.6 Å². The first kappa shape index (κ1) is 45.2. The first-order valence-corrected chi connectivity index (χ1v) is 20.8. The van der Waals surface area contributed by atoms with E-state index in [1.165, 1.54) is 12.3 Å². The summed E-state index contributed by atoms with van der Waals surface area (Å²) in [6.45, 7) is 10.9. The molecule has 0 saturated carbocycles. The molecule has 6 aromatic rings. The molecule has 2 spiro atoms. The number of ether oxygens (including phenoxy) is 7. The molecule has 14 nitrogen and oxygen atoms in total. The number of aliphatic imine (C=N–C) groups is 2. The van der Waals surface area contributed by atoms with Gasteiger partial charge in [0.1, 0.15) is 42.8 Å². The normalized spacial score (nSPS) is 18.5. The van der Waals surface area contributed by atoms with Gasteiger partial charge in [-0.15, -0.1) is 0 Å². The van der Waals surface area contributed by atoms with Crippen molar-refractivity contribution in [3.05, 3.63) is 138 Å². The van der Waals surface area contributed by atoms with Crippen molar-refractivity contribution in [2.24, 2.45) is 26.9 Å². The molecule has 342 valence electrons. The summed E-state index contributed by atoms with van der Waals surface area (Å²) in [5.41, 5.74) is 15.0. The minimum Gasteiger partial charge on any atom is -0.490 e. The summed E-state index contributed by atoms with van der Waals surface area (Å²) < 4.78 is 69.8. The van der Waals surface area contributed by atoms with Crippen molar-refractivity contribution in [2.45, 2.75) is 58.7 Å². The first-order chi connectivity index (χ1) is 31.1. The largest absolute Gasteiger partial charge is 0.490 e. The fraction of sp³-hybridized carbons (Fsp3) is 0.300. The average Bonchev–Trinajstić information content (AvgIpc) is 3.88. The van der Waals surface area contributed by atoms with Gasteiger partial charge >= 0.3 is 0 Å². The van der Waals surface area contributed by atoms with Crippen LogP contribution < -0.4 is 30.4 Å². The highest BCUT2D eigenvalue weighted by atomic mass is 19.1. The van der Waals surface area contributed by atoms with Crippen molar-refractivity contribution >= 4 is 12.0 Å². The monoisotopic (exact) mass is 899 g/mol. The van der Waals surface area contributed by atoms with Crippen LogP contribution in [0.15, 0.2) is 114 Å². The van der Waals surface area contributed by atoms with Crippen LogP contribution in [0, 0.1) is 17.2 Å². The van der Waals surface area contributed by atoms with E-state index in [-0.39, 0.29) is 43.8 Å². The van der Waals surface area contributed by atoms with E-state index in [1.807, 2.05) is 77.1 Å². The molecule has 10 rings (SSSR count). The molecule has 0 saturated heterocycles. The van der Waals surface area contributed by atoms with E-state index in [0.29, 0.717) is 69.9 Å². The molecular weight excluding hydrogens is 849 g/mol. The van der Waals surface area contributed by atoms with Crippen molar-refractivity contribution in [1.82, 2.24) is 15.0 Å². The van der Waals surface area contributed by atoms with E-state index in [0.717, 1.165) is 16.7 Å². The van der Waals surface area contributed by atoms with Gasteiger partial charge in [0.2, 0.25) is 11.8 Å². The predicted molar refractivity (Wildman–Crippen MR) is 245 cm³/mol. The smallest absolute Gasteiger partial charge is 0.283 e. The Morgan fingerprint density at radius 2 is 1.32 bits per heavy atom. The summed E-state index contributed by atoms with van der Waals surface area (Å²) in [6.07, 6.45) is 6.52. The average molecular weight is 900 g/mol. The van der Waals surface area contributed by atoms with Gasteiger partial charge in [0.25, 0.3) is 12.0 Å². The van der Waals surface area contributed by atoms with Gasteiger partial charge in [-0.2, -0.15) is 4.39 Å².